The van der Waals surface area contributed by atoms with Gasteiger partial charge in [-0.15, -0.1) is 0 Å². The van der Waals surface area contributed by atoms with Gasteiger partial charge in [0.15, 0.2) is 13.1 Å². The van der Waals surface area contributed by atoms with Crippen molar-refractivity contribution in [2.45, 2.75) is 26.8 Å². The molecule has 6 nitrogen and oxygen atoms in total. The number of piperazine rings is 1. The maximum absolute atomic E-state index is 13.2. The summed E-state index contributed by atoms with van der Waals surface area (Å²) in [7, 11) is 0. The van der Waals surface area contributed by atoms with Crippen LogP contribution in [0.15, 0.2) is 24.3 Å². The van der Waals surface area contributed by atoms with Gasteiger partial charge >= 0.3 is 0 Å². The summed E-state index contributed by atoms with van der Waals surface area (Å²) in [6.45, 7) is 10.5. The fraction of sp³-hybridized carbons (Fsp3) is 0.579. The SMILES string of the molecule is CC(C)[C@@H](C)NC(=O)C[NH+]1CC[NH+](CC(=O)Nc2cccc(F)c2)CC1. The fourth-order valence-electron chi connectivity index (χ4n) is 3.01. The van der Waals surface area contributed by atoms with Crippen molar-refractivity contribution in [1.82, 2.24) is 5.32 Å². The molecule has 7 heteroatoms. The van der Waals surface area contributed by atoms with E-state index in [1.165, 1.54) is 21.9 Å². The summed E-state index contributed by atoms with van der Waals surface area (Å²) in [4.78, 5) is 26.6. The number of rotatable bonds is 7. The fourth-order valence-corrected chi connectivity index (χ4v) is 3.01. The Kier molecular flexibility index (Phi) is 7.53. The Morgan fingerprint density at radius 3 is 2.15 bits per heavy atom. The summed E-state index contributed by atoms with van der Waals surface area (Å²) in [5, 5.41) is 5.78. The molecule has 0 bridgehead atoms. The molecule has 144 valence electrons. The first-order valence-corrected chi connectivity index (χ1v) is 9.35. The maximum Gasteiger partial charge on any atom is 0.279 e. The van der Waals surface area contributed by atoms with Crippen molar-refractivity contribution < 1.29 is 23.8 Å². The van der Waals surface area contributed by atoms with E-state index in [9.17, 15) is 14.0 Å². The summed E-state index contributed by atoms with van der Waals surface area (Å²) in [6.07, 6.45) is 0. The Balaban J connectivity index is 1.69. The Bertz CT molecular complexity index is 615. The number of benzene rings is 1. The summed E-state index contributed by atoms with van der Waals surface area (Å²) in [6, 6.07) is 6.09. The number of amides is 2. The van der Waals surface area contributed by atoms with Crippen LogP contribution in [0.5, 0.6) is 0 Å². The molecule has 0 saturated carbocycles. The van der Waals surface area contributed by atoms with Gasteiger partial charge in [-0.25, -0.2) is 4.39 Å². The molecule has 1 heterocycles. The molecule has 1 saturated heterocycles. The molecule has 1 atom stereocenters. The van der Waals surface area contributed by atoms with Crippen LogP contribution in [0.3, 0.4) is 0 Å². The third-order valence-corrected chi connectivity index (χ3v) is 4.98. The van der Waals surface area contributed by atoms with E-state index in [4.69, 9.17) is 0 Å². The van der Waals surface area contributed by atoms with Gasteiger partial charge in [-0.2, -0.15) is 0 Å². The van der Waals surface area contributed by atoms with Crippen molar-refractivity contribution in [1.29, 1.82) is 0 Å². The number of carbonyl (C=O) groups excluding carboxylic acids is 2. The van der Waals surface area contributed by atoms with Crippen molar-refractivity contribution in [2.75, 3.05) is 44.6 Å². The highest BCUT2D eigenvalue weighted by atomic mass is 19.1. The van der Waals surface area contributed by atoms with Crippen LogP contribution in [-0.4, -0.2) is 57.1 Å². The lowest BCUT2D eigenvalue weighted by Crippen LogP contribution is -3.28. The molecule has 1 aliphatic rings. The van der Waals surface area contributed by atoms with Crippen LogP contribution in [0.1, 0.15) is 20.8 Å². The first kappa shape index (κ1) is 20.3. The van der Waals surface area contributed by atoms with Crippen molar-refractivity contribution >= 4 is 17.5 Å². The summed E-state index contributed by atoms with van der Waals surface area (Å²) in [5.41, 5.74) is 0.481. The standard InChI is InChI=1S/C19H29FN4O2/c1-14(2)15(3)21-18(25)12-23-7-9-24(10-8-23)13-19(26)22-17-6-4-5-16(20)11-17/h4-6,11,14-15H,7-10,12-13H2,1-3H3,(H,21,25)(H,22,26)/p+2/t15-/m1/s1. The molecule has 0 aromatic heterocycles. The number of hydrogen-bond acceptors (Lipinski definition) is 2. The predicted molar refractivity (Wildman–Crippen MR) is 98.6 cm³/mol. The molecule has 0 unspecified atom stereocenters. The second kappa shape index (κ2) is 9.64. The van der Waals surface area contributed by atoms with Crippen molar-refractivity contribution in [2.24, 2.45) is 5.92 Å². The monoisotopic (exact) mass is 366 g/mol. The normalized spacial score (nSPS) is 21.3. The van der Waals surface area contributed by atoms with Gasteiger partial charge in [-0.1, -0.05) is 19.9 Å². The lowest BCUT2D eigenvalue weighted by Gasteiger charge is -2.29. The van der Waals surface area contributed by atoms with Crippen molar-refractivity contribution in [3.63, 3.8) is 0 Å². The molecule has 1 aromatic rings. The molecule has 0 spiro atoms. The molecule has 0 aliphatic carbocycles. The Morgan fingerprint density at radius 2 is 1.62 bits per heavy atom. The summed E-state index contributed by atoms with van der Waals surface area (Å²) in [5.74, 6) is 0.0373. The maximum atomic E-state index is 13.2. The van der Waals surface area contributed by atoms with Crippen LogP contribution in [0.2, 0.25) is 0 Å². The zero-order chi connectivity index (χ0) is 19.1. The van der Waals surface area contributed by atoms with Crippen LogP contribution >= 0.6 is 0 Å². The number of carbonyl (C=O) groups is 2. The lowest BCUT2D eigenvalue weighted by atomic mass is 10.1. The minimum atomic E-state index is -0.363. The summed E-state index contributed by atoms with van der Waals surface area (Å²) >= 11 is 0. The number of anilines is 1. The molecular weight excluding hydrogens is 335 g/mol. The van der Waals surface area contributed by atoms with Gasteiger partial charge in [-0.05, 0) is 31.0 Å². The molecule has 2 amide bonds. The molecule has 1 aromatic carbocycles. The Hall–Kier alpha value is -1.99. The van der Waals surface area contributed by atoms with E-state index >= 15 is 0 Å². The average Bonchev–Trinajstić information content (AvgIpc) is 2.56. The molecule has 1 aliphatic heterocycles. The van der Waals surface area contributed by atoms with E-state index in [1.54, 1.807) is 12.1 Å². The average molecular weight is 366 g/mol. The van der Waals surface area contributed by atoms with Crippen LogP contribution in [0.25, 0.3) is 0 Å². The van der Waals surface area contributed by atoms with E-state index < -0.39 is 0 Å². The molecule has 4 N–H and O–H groups in total. The quantitative estimate of drug-likeness (QED) is 0.485. The number of quaternary nitrogens is 2. The number of hydrogen-bond donors (Lipinski definition) is 4. The van der Waals surface area contributed by atoms with E-state index in [0.29, 0.717) is 24.7 Å². The third-order valence-electron chi connectivity index (χ3n) is 4.98. The summed E-state index contributed by atoms with van der Waals surface area (Å²) < 4.78 is 13.2. The van der Waals surface area contributed by atoms with E-state index in [1.807, 2.05) is 6.92 Å². The number of halogens is 1. The van der Waals surface area contributed by atoms with Gasteiger partial charge in [0.1, 0.15) is 32.0 Å². The Labute approximate surface area is 154 Å². The van der Waals surface area contributed by atoms with Gasteiger partial charge in [0.2, 0.25) is 0 Å². The van der Waals surface area contributed by atoms with Crippen molar-refractivity contribution in [3.05, 3.63) is 30.1 Å². The van der Waals surface area contributed by atoms with Gasteiger partial charge in [-0.3, -0.25) is 9.59 Å². The second-order valence-electron chi connectivity index (χ2n) is 7.51. The smallest absolute Gasteiger partial charge is 0.279 e. The molecule has 26 heavy (non-hydrogen) atoms. The highest BCUT2D eigenvalue weighted by Gasteiger charge is 2.26. The predicted octanol–water partition coefficient (Wildman–Crippen LogP) is -1.29. The molecule has 1 fully saturated rings. The number of nitrogens with one attached hydrogen (secondary N) is 4. The second-order valence-corrected chi connectivity index (χ2v) is 7.51. The van der Waals surface area contributed by atoms with Gasteiger partial charge in [0, 0.05) is 11.7 Å². The molecular formula is C19H31FN4O2+2. The highest BCUT2D eigenvalue weighted by Crippen LogP contribution is 2.08. The van der Waals surface area contributed by atoms with Crippen LogP contribution < -0.4 is 20.4 Å². The highest BCUT2D eigenvalue weighted by molar-refractivity contribution is 5.91. The van der Waals surface area contributed by atoms with Crippen LogP contribution in [0.4, 0.5) is 10.1 Å². The zero-order valence-electron chi connectivity index (χ0n) is 15.9. The zero-order valence-corrected chi connectivity index (χ0v) is 15.9. The lowest BCUT2D eigenvalue weighted by molar-refractivity contribution is -1.00. The van der Waals surface area contributed by atoms with Crippen molar-refractivity contribution in [3.8, 4) is 0 Å². The van der Waals surface area contributed by atoms with E-state index in [-0.39, 0.29) is 23.7 Å². The molecule has 0 radical (unpaired) electrons. The molecule has 2 rings (SSSR count). The first-order chi connectivity index (χ1) is 12.3. The topological polar surface area (TPSA) is 67.1 Å². The first-order valence-electron chi connectivity index (χ1n) is 9.35. The van der Waals surface area contributed by atoms with E-state index in [0.717, 1.165) is 26.2 Å². The largest absolute Gasteiger partial charge is 0.348 e. The van der Waals surface area contributed by atoms with E-state index in [2.05, 4.69) is 24.5 Å². The van der Waals surface area contributed by atoms with Gasteiger partial charge in [0.25, 0.3) is 11.8 Å². The van der Waals surface area contributed by atoms with Crippen LogP contribution in [0, 0.1) is 11.7 Å². The third kappa shape index (κ3) is 6.72. The minimum absolute atomic E-state index is 0.0912. The van der Waals surface area contributed by atoms with Crippen LogP contribution in [-0.2, 0) is 9.59 Å². The van der Waals surface area contributed by atoms with Gasteiger partial charge < -0.3 is 20.4 Å². The van der Waals surface area contributed by atoms with Gasteiger partial charge in [0.05, 0.1) is 0 Å². The Morgan fingerprint density at radius 1 is 1.04 bits per heavy atom. The minimum Gasteiger partial charge on any atom is -0.348 e.